The lowest BCUT2D eigenvalue weighted by molar-refractivity contribution is 0.780. The highest BCUT2D eigenvalue weighted by atomic mass is 15.1. The molecule has 4 nitrogen and oxygen atoms in total. The Labute approximate surface area is 76.9 Å². The molecule has 0 atom stereocenters. The van der Waals surface area contributed by atoms with Crippen LogP contribution < -0.4 is 11.1 Å². The van der Waals surface area contributed by atoms with E-state index in [9.17, 15) is 0 Å². The van der Waals surface area contributed by atoms with Crippen molar-refractivity contribution >= 4 is 11.8 Å². The first-order valence-corrected chi connectivity index (χ1v) is 4.34. The molecule has 4 heteroatoms. The van der Waals surface area contributed by atoms with Crippen LogP contribution >= 0.6 is 0 Å². The van der Waals surface area contributed by atoms with Crippen LogP contribution in [-0.2, 0) is 0 Å². The normalized spacial score (nSPS) is 16.3. The highest BCUT2D eigenvalue weighted by Gasteiger charge is 2.09. The highest BCUT2D eigenvalue weighted by Crippen LogP contribution is 2.14. The maximum Gasteiger partial charge on any atom is 0.221 e. The highest BCUT2D eigenvalue weighted by molar-refractivity contribution is 5.39. The van der Waals surface area contributed by atoms with E-state index in [1.807, 2.05) is 6.07 Å². The van der Waals surface area contributed by atoms with Gasteiger partial charge in [0, 0.05) is 12.2 Å². The summed E-state index contributed by atoms with van der Waals surface area (Å²) < 4.78 is 0. The van der Waals surface area contributed by atoms with E-state index in [4.69, 9.17) is 5.73 Å². The summed E-state index contributed by atoms with van der Waals surface area (Å²) in [6.45, 7) is 0. The number of hydrogen-bond donors (Lipinski definition) is 2. The van der Waals surface area contributed by atoms with Crippen molar-refractivity contribution in [1.82, 2.24) is 9.97 Å². The Hall–Kier alpha value is -1.58. The van der Waals surface area contributed by atoms with Gasteiger partial charge in [-0.3, -0.25) is 0 Å². The maximum atomic E-state index is 5.46. The number of nitrogens with one attached hydrogen (secondary N) is 1. The lowest BCUT2D eigenvalue weighted by Crippen LogP contribution is -2.16. The third-order valence-electron chi connectivity index (χ3n) is 2.03. The third-order valence-corrected chi connectivity index (χ3v) is 2.03. The molecule has 0 saturated carbocycles. The lowest BCUT2D eigenvalue weighted by Gasteiger charge is -2.11. The molecule has 2 rings (SSSR count). The first-order chi connectivity index (χ1) is 6.34. The van der Waals surface area contributed by atoms with Crippen molar-refractivity contribution in [3.63, 3.8) is 0 Å². The Morgan fingerprint density at radius 3 is 2.85 bits per heavy atom. The lowest BCUT2D eigenvalue weighted by atomic mass is 10.2. The average molecular weight is 176 g/mol. The molecule has 1 aromatic heterocycles. The molecule has 1 heterocycles. The molecule has 0 radical (unpaired) electrons. The SMILES string of the molecule is Nc1nccc(NC2CC=CC2)n1. The topological polar surface area (TPSA) is 63.8 Å². The van der Waals surface area contributed by atoms with E-state index in [2.05, 4.69) is 27.4 Å². The van der Waals surface area contributed by atoms with Crippen LogP contribution in [0, 0.1) is 0 Å². The molecule has 13 heavy (non-hydrogen) atoms. The fourth-order valence-electron chi connectivity index (χ4n) is 1.40. The van der Waals surface area contributed by atoms with Crippen molar-refractivity contribution in [1.29, 1.82) is 0 Å². The molecule has 0 bridgehead atoms. The zero-order valence-electron chi connectivity index (χ0n) is 7.27. The van der Waals surface area contributed by atoms with Crippen LogP contribution in [0.4, 0.5) is 11.8 Å². The van der Waals surface area contributed by atoms with Crippen molar-refractivity contribution < 1.29 is 0 Å². The summed E-state index contributed by atoms with van der Waals surface area (Å²) >= 11 is 0. The standard InChI is InChI=1S/C9H12N4/c10-9-11-6-5-8(13-9)12-7-3-1-2-4-7/h1-2,5-7H,3-4H2,(H3,10,11,12,13). The van der Waals surface area contributed by atoms with Gasteiger partial charge in [-0.2, -0.15) is 4.98 Å². The molecule has 1 aliphatic rings. The van der Waals surface area contributed by atoms with Gasteiger partial charge in [0.2, 0.25) is 5.95 Å². The van der Waals surface area contributed by atoms with E-state index in [1.165, 1.54) is 0 Å². The third kappa shape index (κ3) is 1.96. The molecule has 1 aliphatic carbocycles. The quantitative estimate of drug-likeness (QED) is 0.664. The van der Waals surface area contributed by atoms with Crippen LogP contribution in [0.5, 0.6) is 0 Å². The van der Waals surface area contributed by atoms with E-state index in [0.29, 0.717) is 12.0 Å². The largest absolute Gasteiger partial charge is 0.368 e. The predicted molar refractivity (Wildman–Crippen MR) is 52.2 cm³/mol. The van der Waals surface area contributed by atoms with Crippen molar-refractivity contribution in [3.8, 4) is 0 Å². The Morgan fingerprint density at radius 1 is 1.38 bits per heavy atom. The van der Waals surface area contributed by atoms with Crippen LogP contribution in [0.15, 0.2) is 24.4 Å². The molecule has 3 N–H and O–H groups in total. The summed E-state index contributed by atoms with van der Waals surface area (Å²) in [6, 6.07) is 2.30. The minimum Gasteiger partial charge on any atom is -0.368 e. The Kier molecular flexibility index (Phi) is 2.12. The summed E-state index contributed by atoms with van der Waals surface area (Å²) in [5.41, 5.74) is 5.46. The first-order valence-electron chi connectivity index (χ1n) is 4.34. The summed E-state index contributed by atoms with van der Waals surface area (Å²) in [7, 11) is 0. The van der Waals surface area contributed by atoms with Gasteiger partial charge in [-0.25, -0.2) is 4.98 Å². The number of rotatable bonds is 2. The summed E-state index contributed by atoms with van der Waals surface area (Å²) in [6.07, 6.45) is 8.12. The van der Waals surface area contributed by atoms with Crippen LogP contribution in [-0.4, -0.2) is 16.0 Å². The van der Waals surface area contributed by atoms with E-state index in [1.54, 1.807) is 6.20 Å². The monoisotopic (exact) mass is 176 g/mol. The molecular formula is C9H12N4. The second-order valence-corrected chi connectivity index (χ2v) is 3.08. The van der Waals surface area contributed by atoms with Crippen molar-refractivity contribution in [3.05, 3.63) is 24.4 Å². The summed E-state index contributed by atoms with van der Waals surface area (Å²) in [5, 5.41) is 3.29. The number of nitrogen functional groups attached to an aromatic ring is 1. The second-order valence-electron chi connectivity index (χ2n) is 3.08. The Morgan fingerprint density at radius 2 is 2.15 bits per heavy atom. The van der Waals surface area contributed by atoms with Gasteiger partial charge in [-0.05, 0) is 18.9 Å². The molecule has 0 aromatic carbocycles. The van der Waals surface area contributed by atoms with Gasteiger partial charge in [0.15, 0.2) is 0 Å². The molecule has 0 amide bonds. The van der Waals surface area contributed by atoms with Gasteiger partial charge in [-0.1, -0.05) is 12.2 Å². The maximum absolute atomic E-state index is 5.46. The van der Waals surface area contributed by atoms with Crippen LogP contribution in [0.1, 0.15) is 12.8 Å². The minimum atomic E-state index is 0.316. The molecule has 68 valence electrons. The van der Waals surface area contributed by atoms with E-state index in [0.717, 1.165) is 18.7 Å². The van der Waals surface area contributed by atoms with E-state index >= 15 is 0 Å². The van der Waals surface area contributed by atoms with E-state index in [-0.39, 0.29) is 0 Å². The molecular weight excluding hydrogens is 164 g/mol. The molecule has 0 unspecified atom stereocenters. The summed E-state index contributed by atoms with van der Waals surface area (Å²) in [4.78, 5) is 7.89. The summed E-state index contributed by atoms with van der Waals surface area (Å²) in [5.74, 6) is 1.12. The molecule has 1 aromatic rings. The van der Waals surface area contributed by atoms with Gasteiger partial charge in [0.1, 0.15) is 5.82 Å². The molecule has 0 spiro atoms. The first kappa shape index (κ1) is 8.04. The zero-order valence-corrected chi connectivity index (χ0v) is 7.27. The fraction of sp³-hybridized carbons (Fsp3) is 0.333. The van der Waals surface area contributed by atoms with Crippen LogP contribution in [0.25, 0.3) is 0 Å². The number of nitrogens with zero attached hydrogens (tertiary/aromatic N) is 2. The minimum absolute atomic E-state index is 0.316. The van der Waals surface area contributed by atoms with Crippen LogP contribution in [0.2, 0.25) is 0 Å². The predicted octanol–water partition coefficient (Wildman–Crippen LogP) is 1.19. The van der Waals surface area contributed by atoms with Crippen molar-refractivity contribution in [2.45, 2.75) is 18.9 Å². The van der Waals surface area contributed by atoms with Crippen LogP contribution in [0.3, 0.4) is 0 Å². The molecule has 0 aliphatic heterocycles. The molecule has 0 saturated heterocycles. The van der Waals surface area contributed by atoms with Crippen molar-refractivity contribution in [2.75, 3.05) is 11.1 Å². The number of hydrogen-bond acceptors (Lipinski definition) is 4. The second kappa shape index (κ2) is 3.43. The fourth-order valence-corrected chi connectivity index (χ4v) is 1.40. The number of aromatic nitrogens is 2. The molecule has 0 fully saturated rings. The van der Waals surface area contributed by atoms with Crippen molar-refractivity contribution in [2.24, 2.45) is 0 Å². The number of nitrogens with two attached hydrogens (primary N) is 1. The number of anilines is 2. The Balaban J connectivity index is 2.01. The van der Waals surface area contributed by atoms with E-state index < -0.39 is 0 Å². The smallest absolute Gasteiger partial charge is 0.221 e. The van der Waals surface area contributed by atoms with Gasteiger partial charge in [0.05, 0.1) is 0 Å². The Bertz CT molecular complexity index is 313. The zero-order chi connectivity index (χ0) is 9.10. The average Bonchev–Trinajstić information content (AvgIpc) is 2.57. The van der Waals surface area contributed by atoms with Gasteiger partial charge in [-0.15, -0.1) is 0 Å². The van der Waals surface area contributed by atoms with Gasteiger partial charge < -0.3 is 11.1 Å². The van der Waals surface area contributed by atoms with Gasteiger partial charge in [0.25, 0.3) is 0 Å². The van der Waals surface area contributed by atoms with Gasteiger partial charge >= 0.3 is 0 Å².